The van der Waals surface area contributed by atoms with E-state index in [-0.39, 0.29) is 18.0 Å². The van der Waals surface area contributed by atoms with Crippen molar-refractivity contribution < 1.29 is 4.52 Å². The summed E-state index contributed by atoms with van der Waals surface area (Å²) >= 11 is 0. The van der Waals surface area contributed by atoms with Crippen LogP contribution in [0.15, 0.2) is 27.6 Å². The van der Waals surface area contributed by atoms with E-state index in [0.29, 0.717) is 17.3 Å². The molecule has 0 spiro atoms. The molecule has 2 aromatic rings. The first-order valence-corrected chi connectivity index (χ1v) is 6.39. The molecule has 108 valence electrons. The number of halogens is 1. The highest BCUT2D eigenvalue weighted by Gasteiger charge is 2.36. The molecule has 1 aliphatic rings. The van der Waals surface area contributed by atoms with Crippen LogP contribution in [0.25, 0.3) is 11.5 Å². The van der Waals surface area contributed by atoms with E-state index in [1.54, 1.807) is 19.3 Å². The number of nitrogens with zero attached hydrogens (tertiary/aromatic N) is 3. The molecule has 0 bridgehead atoms. The molecule has 3 rings (SSSR count). The van der Waals surface area contributed by atoms with Crippen LogP contribution in [0.5, 0.6) is 0 Å². The highest BCUT2D eigenvalue weighted by Crippen LogP contribution is 2.35. The van der Waals surface area contributed by atoms with Crippen molar-refractivity contribution in [2.45, 2.75) is 31.2 Å². The maximum Gasteiger partial charge on any atom is 0.258 e. The number of rotatable bonds is 2. The van der Waals surface area contributed by atoms with Crippen molar-refractivity contribution in [1.29, 1.82) is 0 Å². The molecular formula is C13H17ClN4O2. The Kier molecular flexibility index (Phi) is 3.96. The van der Waals surface area contributed by atoms with Gasteiger partial charge in [0.2, 0.25) is 0 Å². The third-order valence-corrected chi connectivity index (χ3v) is 3.72. The summed E-state index contributed by atoms with van der Waals surface area (Å²) in [6.45, 7) is 0. The Balaban J connectivity index is 0.00000147. The smallest absolute Gasteiger partial charge is 0.258 e. The predicted molar refractivity (Wildman–Crippen MR) is 76.6 cm³/mol. The van der Waals surface area contributed by atoms with Gasteiger partial charge < -0.3 is 14.8 Å². The van der Waals surface area contributed by atoms with Crippen LogP contribution in [0.3, 0.4) is 0 Å². The van der Waals surface area contributed by atoms with Crippen molar-refractivity contribution in [2.75, 3.05) is 0 Å². The van der Waals surface area contributed by atoms with Crippen molar-refractivity contribution in [1.82, 2.24) is 14.7 Å². The van der Waals surface area contributed by atoms with Gasteiger partial charge in [-0.05, 0) is 18.9 Å². The molecule has 2 N–H and O–H groups in total. The lowest BCUT2D eigenvalue weighted by atomic mass is 9.99. The first-order chi connectivity index (χ1) is 9.08. The second-order valence-electron chi connectivity index (χ2n) is 5.15. The minimum atomic E-state index is -0.471. The molecule has 2 heterocycles. The van der Waals surface area contributed by atoms with Crippen LogP contribution in [0, 0.1) is 0 Å². The van der Waals surface area contributed by atoms with Crippen molar-refractivity contribution in [3.8, 4) is 11.5 Å². The Hall–Kier alpha value is -1.66. The summed E-state index contributed by atoms with van der Waals surface area (Å²) in [6, 6.07) is 3.26. The van der Waals surface area contributed by atoms with Crippen molar-refractivity contribution in [3.63, 3.8) is 0 Å². The molecule has 1 saturated carbocycles. The second-order valence-corrected chi connectivity index (χ2v) is 5.15. The number of aryl methyl sites for hydroxylation is 1. The Labute approximate surface area is 122 Å². The van der Waals surface area contributed by atoms with E-state index in [1.165, 1.54) is 10.6 Å². The fraction of sp³-hybridized carbons (Fsp3) is 0.462. The lowest BCUT2D eigenvalue weighted by Gasteiger charge is -2.17. The Morgan fingerprint density at radius 3 is 2.75 bits per heavy atom. The number of nitrogens with two attached hydrogens (primary N) is 1. The van der Waals surface area contributed by atoms with Gasteiger partial charge in [0, 0.05) is 24.9 Å². The van der Waals surface area contributed by atoms with Gasteiger partial charge in [-0.2, -0.15) is 4.98 Å². The van der Waals surface area contributed by atoms with E-state index in [4.69, 9.17) is 10.3 Å². The van der Waals surface area contributed by atoms with E-state index in [1.807, 2.05) is 0 Å². The first kappa shape index (κ1) is 14.7. The molecular weight excluding hydrogens is 280 g/mol. The molecule has 0 aromatic carbocycles. The minimum Gasteiger partial charge on any atom is -0.334 e. The van der Waals surface area contributed by atoms with Crippen LogP contribution in [0.1, 0.15) is 31.5 Å². The SMILES string of the molecule is Cl.Cn1ccc(-c2nc(C3(N)CCCC3)no2)cc1=O. The number of hydrogen-bond donors (Lipinski definition) is 1. The highest BCUT2D eigenvalue weighted by atomic mass is 35.5. The third-order valence-electron chi connectivity index (χ3n) is 3.72. The van der Waals surface area contributed by atoms with Crippen molar-refractivity contribution >= 4 is 12.4 Å². The standard InChI is InChI=1S/C13H16N4O2.ClH/c1-17-7-4-9(8-10(17)18)11-15-12(16-19-11)13(14)5-2-3-6-13;/h4,7-8H,2-3,5-6,14H2,1H3;1H. The van der Waals surface area contributed by atoms with Crippen LogP contribution in [0.2, 0.25) is 0 Å². The van der Waals surface area contributed by atoms with Gasteiger partial charge in [-0.15, -0.1) is 12.4 Å². The molecule has 1 aliphatic carbocycles. The molecule has 2 aromatic heterocycles. The average molecular weight is 297 g/mol. The summed E-state index contributed by atoms with van der Waals surface area (Å²) in [4.78, 5) is 15.9. The lowest BCUT2D eigenvalue weighted by molar-refractivity contribution is 0.372. The zero-order valence-electron chi connectivity index (χ0n) is 11.2. The molecule has 0 amide bonds. The summed E-state index contributed by atoms with van der Waals surface area (Å²) in [7, 11) is 1.69. The molecule has 0 unspecified atom stereocenters. The number of aromatic nitrogens is 3. The minimum absolute atomic E-state index is 0. The molecule has 6 nitrogen and oxygen atoms in total. The summed E-state index contributed by atoms with van der Waals surface area (Å²) in [5, 5.41) is 3.98. The van der Waals surface area contributed by atoms with Crippen molar-refractivity contribution in [3.05, 3.63) is 34.5 Å². The normalized spacial score (nSPS) is 16.9. The summed E-state index contributed by atoms with van der Waals surface area (Å²) in [5.41, 5.74) is 6.32. The van der Waals surface area contributed by atoms with E-state index in [2.05, 4.69) is 10.1 Å². The summed E-state index contributed by atoms with van der Waals surface area (Å²) < 4.78 is 6.72. The van der Waals surface area contributed by atoms with Gasteiger partial charge in [-0.3, -0.25) is 4.79 Å². The zero-order chi connectivity index (χ0) is 13.5. The van der Waals surface area contributed by atoms with Crippen LogP contribution in [-0.4, -0.2) is 14.7 Å². The molecule has 1 fully saturated rings. The Morgan fingerprint density at radius 2 is 2.10 bits per heavy atom. The van der Waals surface area contributed by atoms with Crippen LogP contribution < -0.4 is 11.3 Å². The van der Waals surface area contributed by atoms with Gasteiger partial charge in [0.25, 0.3) is 11.4 Å². The topological polar surface area (TPSA) is 86.9 Å². The Bertz CT molecular complexity index is 658. The van der Waals surface area contributed by atoms with Crippen LogP contribution in [-0.2, 0) is 12.6 Å². The quantitative estimate of drug-likeness (QED) is 0.909. The largest absolute Gasteiger partial charge is 0.334 e. The van der Waals surface area contributed by atoms with E-state index in [0.717, 1.165) is 25.7 Å². The van der Waals surface area contributed by atoms with Crippen LogP contribution >= 0.6 is 12.4 Å². The highest BCUT2D eigenvalue weighted by molar-refractivity contribution is 5.85. The van der Waals surface area contributed by atoms with Gasteiger partial charge in [0.05, 0.1) is 5.54 Å². The van der Waals surface area contributed by atoms with E-state index >= 15 is 0 Å². The maximum atomic E-state index is 11.6. The zero-order valence-corrected chi connectivity index (χ0v) is 12.0. The third kappa shape index (κ3) is 2.48. The molecule has 7 heteroatoms. The number of hydrogen-bond acceptors (Lipinski definition) is 5. The van der Waals surface area contributed by atoms with Gasteiger partial charge in [-0.25, -0.2) is 0 Å². The van der Waals surface area contributed by atoms with Gasteiger partial charge in [-0.1, -0.05) is 18.0 Å². The van der Waals surface area contributed by atoms with Gasteiger partial charge >= 0.3 is 0 Å². The number of pyridine rings is 1. The maximum absolute atomic E-state index is 11.6. The van der Waals surface area contributed by atoms with E-state index < -0.39 is 5.54 Å². The van der Waals surface area contributed by atoms with E-state index in [9.17, 15) is 4.79 Å². The fourth-order valence-electron chi connectivity index (χ4n) is 2.45. The molecule has 0 atom stereocenters. The van der Waals surface area contributed by atoms with Gasteiger partial charge in [0.15, 0.2) is 5.82 Å². The van der Waals surface area contributed by atoms with Crippen molar-refractivity contribution in [2.24, 2.45) is 12.8 Å². The Morgan fingerprint density at radius 1 is 1.40 bits per heavy atom. The predicted octanol–water partition coefficient (Wildman–Crippen LogP) is 1.59. The molecule has 20 heavy (non-hydrogen) atoms. The van der Waals surface area contributed by atoms with Crippen LogP contribution in [0.4, 0.5) is 0 Å². The molecule has 0 radical (unpaired) electrons. The molecule has 0 saturated heterocycles. The lowest BCUT2D eigenvalue weighted by Crippen LogP contribution is -2.34. The van der Waals surface area contributed by atoms with Gasteiger partial charge in [0.1, 0.15) is 0 Å². The second kappa shape index (κ2) is 5.38. The first-order valence-electron chi connectivity index (χ1n) is 6.39. The molecule has 0 aliphatic heterocycles. The fourth-order valence-corrected chi connectivity index (χ4v) is 2.45. The summed E-state index contributed by atoms with van der Waals surface area (Å²) in [6.07, 6.45) is 5.61. The average Bonchev–Trinajstić information content (AvgIpc) is 3.02. The monoisotopic (exact) mass is 296 g/mol. The summed E-state index contributed by atoms with van der Waals surface area (Å²) in [5.74, 6) is 0.894.